The molecule has 42 heavy (non-hydrogen) atoms. The van der Waals surface area contributed by atoms with Gasteiger partial charge in [-0.1, -0.05) is 69.4 Å². The van der Waals surface area contributed by atoms with Gasteiger partial charge in [0.1, 0.15) is 23.4 Å². The Hall–Kier alpha value is -4.15. The molecule has 0 radical (unpaired) electrons. The number of fused-ring (bicyclic) bond motifs is 1. The molecule has 4 rings (SSSR count). The number of esters is 2. The number of rotatable bonds is 11. The molecule has 9 nitrogen and oxygen atoms in total. The van der Waals surface area contributed by atoms with Crippen molar-refractivity contribution in [2.45, 2.75) is 68.1 Å². The Morgan fingerprint density at radius 3 is 2.38 bits per heavy atom. The third-order valence-electron chi connectivity index (χ3n) is 6.42. The fourth-order valence-corrected chi connectivity index (χ4v) is 5.02. The molecule has 1 atom stereocenters. The summed E-state index contributed by atoms with van der Waals surface area (Å²) >= 11 is 1.55. The number of hydrogen-bond donors (Lipinski definition) is 2. The summed E-state index contributed by atoms with van der Waals surface area (Å²) in [5.74, 6) is -3.46. The Morgan fingerprint density at radius 1 is 0.976 bits per heavy atom. The van der Waals surface area contributed by atoms with E-state index < -0.39 is 17.8 Å². The van der Waals surface area contributed by atoms with Crippen molar-refractivity contribution in [3.63, 3.8) is 0 Å². The molecule has 0 fully saturated rings. The van der Waals surface area contributed by atoms with Gasteiger partial charge in [-0.3, -0.25) is 4.79 Å². The number of nitrogens with zero attached hydrogens (tertiary/aromatic N) is 3. The van der Waals surface area contributed by atoms with Crippen molar-refractivity contribution in [2.24, 2.45) is 0 Å². The highest BCUT2D eigenvalue weighted by molar-refractivity contribution is 7.99. The van der Waals surface area contributed by atoms with Gasteiger partial charge >= 0.3 is 17.8 Å². The summed E-state index contributed by atoms with van der Waals surface area (Å²) in [6.07, 6.45) is -0.0455. The number of phenolic OH excluding ortho intramolecular Hbond substituents is 1. The van der Waals surface area contributed by atoms with Crippen molar-refractivity contribution in [3.8, 4) is 5.75 Å². The predicted octanol–water partition coefficient (Wildman–Crippen LogP) is 5.87. The molecule has 1 heterocycles. The first-order valence-corrected chi connectivity index (χ1v) is 14.4. The van der Waals surface area contributed by atoms with Crippen LogP contribution in [0.25, 0.3) is 11.0 Å². The molecule has 0 spiro atoms. The minimum absolute atomic E-state index is 0.0547. The van der Waals surface area contributed by atoms with Gasteiger partial charge < -0.3 is 19.7 Å². The Bertz CT molecular complexity index is 1600. The predicted molar refractivity (Wildman–Crippen MR) is 160 cm³/mol. The first-order chi connectivity index (χ1) is 19.8. The normalized spacial score (nSPS) is 13.0. The highest BCUT2D eigenvalue weighted by atomic mass is 32.2. The molecule has 0 aliphatic heterocycles. The molecular formula is C32H35N3O6S. The van der Waals surface area contributed by atoms with E-state index in [1.807, 2.05) is 69.3 Å². The lowest BCUT2D eigenvalue weighted by atomic mass is 9.85. The van der Waals surface area contributed by atoms with Gasteiger partial charge in [-0.2, -0.15) is 0 Å². The van der Waals surface area contributed by atoms with E-state index in [4.69, 9.17) is 9.47 Å². The minimum Gasteiger partial charge on any atom is -0.508 e. The Kier molecular flexibility index (Phi) is 9.38. The van der Waals surface area contributed by atoms with Crippen LogP contribution in [0.5, 0.6) is 5.75 Å². The number of phenols is 1. The van der Waals surface area contributed by atoms with Crippen LogP contribution < -0.4 is 0 Å². The number of aromatic nitrogens is 3. The SMILES string of the molecule is C=C(C)C(=O)OCCC(O)(OC(=O)CCc1ccc(O)c(C(C)(C)C)c1)n1nc2ccc(Sc3ccccc3)cc2n1. The summed E-state index contributed by atoms with van der Waals surface area (Å²) in [5, 5.41) is 30.6. The lowest BCUT2D eigenvalue weighted by Gasteiger charge is -2.26. The molecule has 0 bridgehead atoms. The molecule has 0 aliphatic rings. The fourth-order valence-electron chi connectivity index (χ4n) is 4.15. The van der Waals surface area contributed by atoms with Gasteiger partial charge in [0.05, 0.1) is 6.42 Å². The average Bonchev–Trinajstić information content (AvgIpc) is 3.37. The van der Waals surface area contributed by atoms with E-state index in [1.165, 1.54) is 6.92 Å². The second-order valence-corrected chi connectivity index (χ2v) is 12.2. The topological polar surface area (TPSA) is 124 Å². The van der Waals surface area contributed by atoms with Crippen molar-refractivity contribution < 1.29 is 29.3 Å². The van der Waals surface area contributed by atoms with Gasteiger partial charge in [0, 0.05) is 21.8 Å². The van der Waals surface area contributed by atoms with Crippen LogP contribution in [-0.4, -0.2) is 43.8 Å². The lowest BCUT2D eigenvalue weighted by molar-refractivity contribution is -0.270. The number of aromatic hydroxyl groups is 1. The van der Waals surface area contributed by atoms with Crippen molar-refractivity contribution in [1.82, 2.24) is 15.0 Å². The van der Waals surface area contributed by atoms with E-state index >= 15 is 0 Å². The minimum atomic E-state index is -2.32. The number of carbonyl (C=O) groups excluding carboxylic acids is 2. The summed E-state index contributed by atoms with van der Waals surface area (Å²) < 4.78 is 10.7. The van der Waals surface area contributed by atoms with Crippen LogP contribution in [-0.2, 0) is 36.8 Å². The van der Waals surface area contributed by atoms with E-state index in [0.29, 0.717) is 17.5 Å². The quantitative estimate of drug-likeness (QED) is 0.125. The molecule has 2 N–H and O–H groups in total. The number of hydrogen-bond acceptors (Lipinski definition) is 9. The molecule has 4 aromatic rings. The van der Waals surface area contributed by atoms with Crippen LogP contribution in [0.4, 0.5) is 0 Å². The molecule has 1 unspecified atom stereocenters. The summed E-state index contributed by atoms with van der Waals surface area (Å²) in [6, 6.07) is 20.6. The highest BCUT2D eigenvalue weighted by Gasteiger charge is 2.37. The molecule has 3 aromatic carbocycles. The van der Waals surface area contributed by atoms with Gasteiger partial charge in [0.15, 0.2) is 0 Å². The van der Waals surface area contributed by atoms with Gasteiger partial charge in [-0.15, -0.1) is 15.0 Å². The zero-order valence-corrected chi connectivity index (χ0v) is 25.0. The van der Waals surface area contributed by atoms with E-state index in [-0.39, 0.29) is 36.2 Å². The van der Waals surface area contributed by atoms with Crippen LogP contribution in [0.3, 0.4) is 0 Å². The second kappa shape index (κ2) is 12.8. The third kappa shape index (κ3) is 7.77. The van der Waals surface area contributed by atoms with Gasteiger partial charge in [-0.05, 0) is 66.3 Å². The summed E-state index contributed by atoms with van der Waals surface area (Å²) in [4.78, 5) is 27.8. The summed E-state index contributed by atoms with van der Waals surface area (Å²) in [7, 11) is 0. The van der Waals surface area contributed by atoms with E-state index in [1.54, 1.807) is 30.0 Å². The zero-order chi connectivity index (χ0) is 30.5. The highest BCUT2D eigenvalue weighted by Crippen LogP contribution is 2.32. The number of benzene rings is 3. The molecular weight excluding hydrogens is 554 g/mol. The maximum Gasteiger partial charge on any atom is 0.333 e. The molecule has 220 valence electrons. The van der Waals surface area contributed by atoms with Crippen molar-refractivity contribution in [2.75, 3.05) is 6.61 Å². The molecule has 0 saturated heterocycles. The average molecular weight is 590 g/mol. The third-order valence-corrected chi connectivity index (χ3v) is 7.41. The molecule has 0 amide bonds. The monoisotopic (exact) mass is 589 g/mol. The van der Waals surface area contributed by atoms with Crippen molar-refractivity contribution in [3.05, 3.63) is 90.0 Å². The molecule has 0 saturated carbocycles. The molecule has 0 aliphatic carbocycles. The van der Waals surface area contributed by atoms with Crippen LogP contribution in [0.2, 0.25) is 0 Å². The maximum absolute atomic E-state index is 13.0. The summed E-state index contributed by atoms with van der Waals surface area (Å²) in [6.45, 7) is 10.8. The second-order valence-electron chi connectivity index (χ2n) is 11.0. The maximum atomic E-state index is 13.0. The Morgan fingerprint density at radius 2 is 1.69 bits per heavy atom. The molecule has 1 aromatic heterocycles. The first kappa shape index (κ1) is 30.8. The van der Waals surface area contributed by atoms with E-state index in [0.717, 1.165) is 25.7 Å². The van der Waals surface area contributed by atoms with Crippen LogP contribution in [0.15, 0.2) is 88.7 Å². The first-order valence-electron chi connectivity index (χ1n) is 13.5. The van der Waals surface area contributed by atoms with Crippen LogP contribution in [0.1, 0.15) is 51.7 Å². The van der Waals surface area contributed by atoms with Crippen molar-refractivity contribution in [1.29, 1.82) is 0 Å². The number of ether oxygens (including phenoxy) is 2. The largest absolute Gasteiger partial charge is 0.508 e. The summed E-state index contributed by atoms with van der Waals surface area (Å²) in [5.41, 5.74) is 2.49. The Labute approximate surface area is 249 Å². The van der Waals surface area contributed by atoms with Crippen LogP contribution in [0, 0.1) is 0 Å². The standard InChI is InChI=1S/C32H35N3O6S/c1-21(2)30(38)40-18-17-32(39,41-29(37)16-12-22-11-15-28(36)25(19-22)31(3,4)5)35-33-26-14-13-24(20-27(26)34-35)42-23-9-7-6-8-10-23/h6-11,13-15,19-20,36,39H,1,12,16-18H2,2-5H3. The lowest BCUT2D eigenvalue weighted by Crippen LogP contribution is -2.41. The van der Waals surface area contributed by atoms with Gasteiger partial charge in [0.25, 0.3) is 0 Å². The zero-order valence-electron chi connectivity index (χ0n) is 24.2. The number of carbonyl (C=O) groups is 2. The van der Waals surface area contributed by atoms with Gasteiger partial charge in [-0.25, -0.2) is 4.79 Å². The van der Waals surface area contributed by atoms with E-state index in [9.17, 15) is 19.8 Å². The fraction of sp³-hybridized carbons (Fsp3) is 0.312. The molecule has 10 heteroatoms. The van der Waals surface area contributed by atoms with Crippen LogP contribution >= 0.6 is 11.8 Å². The van der Waals surface area contributed by atoms with E-state index in [2.05, 4.69) is 16.8 Å². The smallest absolute Gasteiger partial charge is 0.333 e. The van der Waals surface area contributed by atoms with Gasteiger partial charge in [0.2, 0.25) is 0 Å². The number of aryl methyl sites for hydroxylation is 1. The Balaban J connectivity index is 1.54. The van der Waals surface area contributed by atoms with Crippen molar-refractivity contribution >= 4 is 34.7 Å². The number of aliphatic hydroxyl groups is 1.